The van der Waals surface area contributed by atoms with Gasteiger partial charge in [0.05, 0.1) is 5.69 Å². The third-order valence-electron chi connectivity index (χ3n) is 4.84. The van der Waals surface area contributed by atoms with E-state index >= 15 is 0 Å². The van der Waals surface area contributed by atoms with Gasteiger partial charge in [-0.25, -0.2) is 4.98 Å². The van der Waals surface area contributed by atoms with Gasteiger partial charge in [0, 0.05) is 25.4 Å². The second-order valence-electron chi connectivity index (χ2n) is 7.63. The van der Waals surface area contributed by atoms with E-state index in [0.717, 1.165) is 30.8 Å². The highest BCUT2D eigenvalue weighted by atomic mass is 16.1. The van der Waals surface area contributed by atoms with Gasteiger partial charge in [0.2, 0.25) is 0 Å². The molecule has 0 saturated heterocycles. The summed E-state index contributed by atoms with van der Waals surface area (Å²) in [6.45, 7) is 11.1. The summed E-state index contributed by atoms with van der Waals surface area (Å²) in [5, 5.41) is 0. The minimum atomic E-state index is -0.0172. The van der Waals surface area contributed by atoms with Crippen LogP contribution in [0.25, 0.3) is 5.65 Å². The van der Waals surface area contributed by atoms with Crippen LogP contribution >= 0.6 is 0 Å². The summed E-state index contributed by atoms with van der Waals surface area (Å²) in [6, 6.07) is 14.4. The van der Waals surface area contributed by atoms with Crippen molar-refractivity contribution in [2.24, 2.45) is 0 Å². The van der Waals surface area contributed by atoms with Crippen LogP contribution in [0.1, 0.15) is 55.5 Å². The first-order valence-electron chi connectivity index (χ1n) is 9.76. The highest BCUT2D eigenvalue weighted by molar-refractivity contribution is 5.40. The van der Waals surface area contributed by atoms with Gasteiger partial charge in [0.1, 0.15) is 5.65 Å². The summed E-state index contributed by atoms with van der Waals surface area (Å²) in [6.07, 6.45) is 2.91. The maximum atomic E-state index is 12.5. The minimum Gasteiger partial charge on any atom is -0.293 e. The minimum absolute atomic E-state index is 0.0172. The maximum absolute atomic E-state index is 12.5. The Morgan fingerprint density at radius 1 is 1.07 bits per heavy atom. The van der Waals surface area contributed by atoms with E-state index in [1.54, 1.807) is 10.5 Å². The Balaban J connectivity index is 1.80. The molecule has 3 rings (SSSR count). The van der Waals surface area contributed by atoms with E-state index in [2.05, 4.69) is 49.9 Å². The third kappa shape index (κ3) is 4.83. The van der Waals surface area contributed by atoms with Crippen LogP contribution in [0.5, 0.6) is 0 Å². The predicted octanol–water partition coefficient (Wildman–Crippen LogP) is 4.54. The molecule has 0 spiro atoms. The normalized spacial score (nSPS) is 11.6. The van der Waals surface area contributed by atoms with Gasteiger partial charge in [-0.2, -0.15) is 0 Å². The molecule has 142 valence electrons. The van der Waals surface area contributed by atoms with Gasteiger partial charge in [-0.05, 0) is 48.6 Å². The molecule has 0 fully saturated rings. The average molecular weight is 364 g/mol. The molecule has 27 heavy (non-hydrogen) atoms. The molecule has 0 atom stereocenters. The lowest BCUT2D eigenvalue weighted by atomic mass is 10.0. The Morgan fingerprint density at radius 3 is 2.48 bits per heavy atom. The fraction of sp³-hybridized carbons (Fsp3) is 0.391. The molecule has 2 aromatic heterocycles. The van der Waals surface area contributed by atoms with Crippen molar-refractivity contribution >= 4 is 5.65 Å². The SMILES string of the molecule is CCCN(Cc1ccc(C(C)C)cc1)Cc1cc(=O)n2cc(C)ccc2n1. The topological polar surface area (TPSA) is 37.6 Å². The van der Waals surface area contributed by atoms with E-state index in [-0.39, 0.29) is 5.56 Å². The Hall–Kier alpha value is -2.46. The van der Waals surface area contributed by atoms with E-state index in [0.29, 0.717) is 18.1 Å². The van der Waals surface area contributed by atoms with Gasteiger partial charge in [-0.1, -0.05) is 51.1 Å². The summed E-state index contributed by atoms with van der Waals surface area (Å²) in [7, 11) is 0. The lowest BCUT2D eigenvalue weighted by Gasteiger charge is -2.22. The lowest BCUT2D eigenvalue weighted by molar-refractivity contribution is 0.254. The number of fused-ring (bicyclic) bond motifs is 1. The van der Waals surface area contributed by atoms with Crippen LogP contribution < -0.4 is 5.56 Å². The molecule has 2 heterocycles. The van der Waals surface area contributed by atoms with Gasteiger partial charge < -0.3 is 0 Å². The largest absolute Gasteiger partial charge is 0.293 e. The van der Waals surface area contributed by atoms with Crippen LogP contribution in [-0.4, -0.2) is 20.8 Å². The van der Waals surface area contributed by atoms with Crippen molar-refractivity contribution in [3.8, 4) is 0 Å². The number of aromatic nitrogens is 2. The van der Waals surface area contributed by atoms with Gasteiger partial charge in [-0.15, -0.1) is 0 Å². The number of hydrogen-bond acceptors (Lipinski definition) is 3. The molecular formula is C23H29N3O. The van der Waals surface area contributed by atoms with Crippen LogP contribution in [0.2, 0.25) is 0 Å². The number of aryl methyl sites for hydroxylation is 1. The van der Waals surface area contributed by atoms with E-state index in [9.17, 15) is 4.79 Å². The molecule has 0 aliphatic heterocycles. The van der Waals surface area contributed by atoms with Crippen molar-refractivity contribution < 1.29 is 0 Å². The summed E-state index contributed by atoms with van der Waals surface area (Å²) in [5.74, 6) is 0.546. The summed E-state index contributed by atoms with van der Waals surface area (Å²) < 4.78 is 1.62. The molecule has 0 radical (unpaired) electrons. The molecule has 0 amide bonds. The van der Waals surface area contributed by atoms with Crippen LogP contribution in [-0.2, 0) is 13.1 Å². The number of benzene rings is 1. The second-order valence-corrected chi connectivity index (χ2v) is 7.63. The summed E-state index contributed by atoms with van der Waals surface area (Å²) >= 11 is 0. The maximum Gasteiger partial charge on any atom is 0.258 e. The highest BCUT2D eigenvalue weighted by Gasteiger charge is 2.10. The molecule has 0 N–H and O–H groups in total. The number of pyridine rings is 1. The monoisotopic (exact) mass is 363 g/mol. The Bertz CT molecular complexity index is 958. The fourth-order valence-corrected chi connectivity index (χ4v) is 3.36. The Morgan fingerprint density at radius 2 is 1.81 bits per heavy atom. The highest BCUT2D eigenvalue weighted by Crippen LogP contribution is 2.16. The third-order valence-corrected chi connectivity index (χ3v) is 4.84. The molecule has 4 nitrogen and oxygen atoms in total. The molecule has 0 saturated carbocycles. The smallest absolute Gasteiger partial charge is 0.258 e. The van der Waals surface area contributed by atoms with Gasteiger partial charge in [0.25, 0.3) is 5.56 Å². The van der Waals surface area contributed by atoms with E-state index in [1.165, 1.54) is 11.1 Å². The zero-order valence-corrected chi connectivity index (χ0v) is 16.8. The molecule has 0 bridgehead atoms. The van der Waals surface area contributed by atoms with Crippen LogP contribution in [0.15, 0.2) is 53.5 Å². The quantitative estimate of drug-likeness (QED) is 0.618. The van der Waals surface area contributed by atoms with E-state index in [4.69, 9.17) is 4.98 Å². The number of nitrogens with zero attached hydrogens (tertiary/aromatic N) is 3. The van der Waals surface area contributed by atoms with Gasteiger partial charge in [-0.3, -0.25) is 14.1 Å². The molecule has 0 aliphatic rings. The number of hydrogen-bond donors (Lipinski definition) is 0. The van der Waals surface area contributed by atoms with Crippen LogP contribution in [0.4, 0.5) is 0 Å². The molecule has 0 unspecified atom stereocenters. The Kier molecular flexibility index (Phi) is 6.07. The van der Waals surface area contributed by atoms with E-state index in [1.807, 2.05) is 25.3 Å². The Labute approximate surface area is 161 Å². The number of rotatable bonds is 7. The van der Waals surface area contributed by atoms with Gasteiger partial charge in [0.15, 0.2) is 0 Å². The van der Waals surface area contributed by atoms with Crippen LogP contribution in [0.3, 0.4) is 0 Å². The van der Waals surface area contributed by atoms with Gasteiger partial charge >= 0.3 is 0 Å². The van der Waals surface area contributed by atoms with Crippen molar-refractivity contribution in [1.82, 2.24) is 14.3 Å². The molecular weight excluding hydrogens is 334 g/mol. The average Bonchev–Trinajstić information content (AvgIpc) is 2.63. The van der Waals surface area contributed by atoms with E-state index < -0.39 is 0 Å². The van der Waals surface area contributed by atoms with Crippen LogP contribution in [0, 0.1) is 6.92 Å². The summed E-state index contributed by atoms with van der Waals surface area (Å²) in [5.41, 5.74) is 5.23. The van der Waals surface area contributed by atoms with Crippen molar-refractivity contribution in [2.45, 2.75) is 53.1 Å². The second kappa shape index (κ2) is 8.49. The van der Waals surface area contributed by atoms with Crippen molar-refractivity contribution in [2.75, 3.05) is 6.54 Å². The molecule has 1 aromatic carbocycles. The standard InChI is InChI=1S/C23H29N3O/c1-5-12-25(15-19-7-9-20(10-8-19)17(2)3)16-21-13-23(27)26-14-18(4)6-11-22(26)24-21/h6-11,13-14,17H,5,12,15-16H2,1-4H3. The first-order valence-corrected chi connectivity index (χ1v) is 9.76. The first kappa shape index (κ1) is 19.3. The summed E-state index contributed by atoms with van der Waals surface area (Å²) in [4.78, 5) is 19.5. The fourth-order valence-electron chi connectivity index (χ4n) is 3.36. The first-order chi connectivity index (χ1) is 13.0. The van der Waals surface area contributed by atoms with Crippen molar-refractivity contribution in [3.63, 3.8) is 0 Å². The lowest BCUT2D eigenvalue weighted by Crippen LogP contribution is -2.26. The molecule has 0 aliphatic carbocycles. The zero-order valence-electron chi connectivity index (χ0n) is 16.8. The molecule has 3 aromatic rings. The molecule has 4 heteroatoms. The zero-order chi connectivity index (χ0) is 19.4. The van der Waals surface area contributed by atoms with Crippen molar-refractivity contribution in [1.29, 1.82) is 0 Å². The van der Waals surface area contributed by atoms with Crippen molar-refractivity contribution in [3.05, 3.63) is 81.4 Å². The predicted molar refractivity (Wildman–Crippen MR) is 111 cm³/mol.